The Kier molecular flexibility index (Phi) is 5.84. The van der Waals surface area contributed by atoms with Gasteiger partial charge in [-0.15, -0.1) is 0 Å². The van der Waals surface area contributed by atoms with Gasteiger partial charge in [-0.1, -0.05) is 41.4 Å². The predicted octanol–water partition coefficient (Wildman–Crippen LogP) is 3.82. The fourth-order valence-electron chi connectivity index (χ4n) is 3.54. The Bertz CT molecular complexity index is 1180. The molecule has 10 heteroatoms. The molecule has 3 amide bonds. The maximum atomic E-state index is 13.7. The second-order valence-electron chi connectivity index (χ2n) is 7.08. The van der Waals surface area contributed by atoms with Crippen LogP contribution in [0.2, 0.25) is 10.0 Å². The number of urea groups is 1. The number of rotatable bonds is 4. The van der Waals surface area contributed by atoms with E-state index >= 15 is 0 Å². The van der Waals surface area contributed by atoms with E-state index in [1.54, 1.807) is 33.8 Å². The summed E-state index contributed by atoms with van der Waals surface area (Å²) in [6, 6.07) is 10.5. The molecule has 2 aromatic carbocycles. The number of carbonyl (C=O) groups excluding carboxylic acids is 2. The first-order chi connectivity index (χ1) is 14.8. The smallest absolute Gasteiger partial charge is 0.318 e. The molecule has 0 radical (unpaired) electrons. The first kappa shape index (κ1) is 21.1. The third-order valence-corrected chi connectivity index (χ3v) is 5.64. The number of nitrogens with two attached hydrogens (primary N) is 1. The average molecular weight is 462 g/mol. The number of hydrogen-bond acceptors (Lipinski definition) is 3. The molecule has 0 spiro atoms. The summed E-state index contributed by atoms with van der Waals surface area (Å²) < 4.78 is 15.3. The first-order valence-corrected chi connectivity index (χ1v) is 10.2. The summed E-state index contributed by atoms with van der Waals surface area (Å²) in [5, 5.41) is 8.24. The lowest BCUT2D eigenvalue weighted by Gasteiger charge is -2.28. The molecule has 0 bridgehead atoms. The maximum Gasteiger partial charge on any atom is 0.318 e. The quantitative estimate of drug-likeness (QED) is 0.618. The highest BCUT2D eigenvalue weighted by molar-refractivity contribution is 6.35. The number of carbonyl (C=O) groups is 2. The van der Waals surface area contributed by atoms with Gasteiger partial charge in [0.1, 0.15) is 11.5 Å². The van der Waals surface area contributed by atoms with Gasteiger partial charge in [0, 0.05) is 28.7 Å². The summed E-state index contributed by atoms with van der Waals surface area (Å²) >= 11 is 12.1. The summed E-state index contributed by atoms with van der Waals surface area (Å²) in [7, 11) is 0. The van der Waals surface area contributed by atoms with E-state index < -0.39 is 11.7 Å². The summed E-state index contributed by atoms with van der Waals surface area (Å²) in [5.41, 5.74) is 7.79. The van der Waals surface area contributed by atoms with Crippen molar-refractivity contribution in [1.82, 2.24) is 20.0 Å². The van der Waals surface area contributed by atoms with E-state index in [0.717, 1.165) is 5.56 Å². The predicted molar refractivity (Wildman–Crippen MR) is 115 cm³/mol. The van der Waals surface area contributed by atoms with Crippen molar-refractivity contribution >= 4 is 35.1 Å². The van der Waals surface area contributed by atoms with Crippen LogP contribution in [0.4, 0.5) is 9.18 Å². The van der Waals surface area contributed by atoms with Crippen LogP contribution < -0.4 is 11.1 Å². The second kappa shape index (κ2) is 8.56. The zero-order valence-corrected chi connectivity index (χ0v) is 17.8. The molecule has 7 nitrogen and oxygen atoms in total. The number of nitrogens with one attached hydrogen (secondary N) is 1. The van der Waals surface area contributed by atoms with Gasteiger partial charge in [0.2, 0.25) is 0 Å². The molecule has 3 N–H and O–H groups in total. The number of aromatic nitrogens is 2. The normalized spacial score (nSPS) is 13.1. The molecule has 1 aliphatic rings. The van der Waals surface area contributed by atoms with E-state index in [1.807, 2.05) is 0 Å². The van der Waals surface area contributed by atoms with E-state index in [4.69, 9.17) is 28.9 Å². The first-order valence-electron chi connectivity index (χ1n) is 9.45. The van der Waals surface area contributed by atoms with Crippen LogP contribution in [0, 0.1) is 5.82 Å². The van der Waals surface area contributed by atoms with Crippen molar-refractivity contribution in [2.24, 2.45) is 5.73 Å². The van der Waals surface area contributed by atoms with Crippen LogP contribution in [-0.2, 0) is 19.6 Å². The minimum absolute atomic E-state index is 0.140. The van der Waals surface area contributed by atoms with E-state index in [-0.39, 0.29) is 24.7 Å². The summed E-state index contributed by atoms with van der Waals surface area (Å²) in [6.45, 7) is 1.12. The molecule has 0 unspecified atom stereocenters. The molecule has 160 valence electrons. The Hall–Kier alpha value is -3.10. The lowest BCUT2D eigenvalue weighted by Crippen LogP contribution is -2.44. The second-order valence-corrected chi connectivity index (χ2v) is 7.93. The van der Waals surface area contributed by atoms with Crippen LogP contribution in [0.1, 0.15) is 21.6 Å². The van der Waals surface area contributed by atoms with Crippen LogP contribution in [-0.4, -0.2) is 33.2 Å². The Morgan fingerprint density at radius 1 is 1.16 bits per heavy atom. The molecule has 0 fully saturated rings. The van der Waals surface area contributed by atoms with E-state index in [0.29, 0.717) is 40.1 Å². The van der Waals surface area contributed by atoms with Crippen molar-refractivity contribution in [1.29, 1.82) is 0 Å². The fourth-order valence-corrected chi connectivity index (χ4v) is 4.01. The van der Waals surface area contributed by atoms with Crippen LogP contribution >= 0.6 is 23.2 Å². The van der Waals surface area contributed by atoms with Gasteiger partial charge in [-0.2, -0.15) is 5.10 Å². The van der Waals surface area contributed by atoms with Crippen molar-refractivity contribution in [3.8, 4) is 11.3 Å². The van der Waals surface area contributed by atoms with Crippen LogP contribution in [0.25, 0.3) is 11.3 Å². The standard InChI is InChI=1S/C21H18Cl2FN5O2/c22-14-5-4-13(16(23)9-14)10-26-21(31)28-6-7-29-17(11-28)18(20(25)30)19(27-29)12-2-1-3-15(24)8-12/h1-5,8-9H,6-7,10-11H2,(H2,25,30)(H,26,31). The molecule has 2 heterocycles. The molecule has 1 aliphatic heterocycles. The average Bonchev–Trinajstić information content (AvgIpc) is 3.12. The third-order valence-electron chi connectivity index (χ3n) is 5.06. The van der Waals surface area contributed by atoms with Gasteiger partial charge in [-0.3, -0.25) is 9.48 Å². The summed E-state index contributed by atoms with van der Waals surface area (Å²) in [6.07, 6.45) is 0. The van der Waals surface area contributed by atoms with Crippen LogP contribution in [0.5, 0.6) is 0 Å². The minimum atomic E-state index is -0.685. The van der Waals surface area contributed by atoms with E-state index in [2.05, 4.69) is 10.4 Å². The number of fused-ring (bicyclic) bond motifs is 1. The fraction of sp³-hybridized carbons (Fsp3) is 0.190. The molecule has 0 aliphatic carbocycles. The molecule has 0 saturated carbocycles. The number of halogens is 3. The SMILES string of the molecule is NC(=O)c1c(-c2cccc(F)c2)nn2c1CN(C(=O)NCc1ccc(Cl)cc1Cl)CC2. The Morgan fingerprint density at radius 3 is 2.68 bits per heavy atom. The van der Waals surface area contributed by atoms with Gasteiger partial charge in [-0.25, -0.2) is 9.18 Å². The van der Waals surface area contributed by atoms with Crippen molar-refractivity contribution < 1.29 is 14.0 Å². The highest BCUT2D eigenvalue weighted by Crippen LogP contribution is 2.28. The number of primary amides is 1. The Morgan fingerprint density at radius 2 is 1.97 bits per heavy atom. The maximum absolute atomic E-state index is 13.7. The molecule has 0 atom stereocenters. The zero-order chi connectivity index (χ0) is 22.1. The monoisotopic (exact) mass is 461 g/mol. The summed E-state index contributed by atoms with van der Waals surface area (Å²) in [4.78, 5) is 26.5. The highest BCUT2D eigenvalue weighted by Gasteiger charge is 2.29. The van der Waals surface area contributed by atoms with E-state index in [1.165, 1.54) is 18.2 Å². The Balaban J connectivity index is 1.55. The van der Waals surface area contributed by atoms with Gasteiger partial charge in [0.25, 0.3) is 5.91 Å². The molecule has 4 rings (SSSR count). The largest absolute Gasteiger partial charge is 0.365 e. The molecular weight excluding hydrogens is 444 g/mol. The molecule has 1 aromatic heterocycles. The highest BCUT2D eigenvalue weighted by atomic mass is 35.5. The van der Waals surface area contributed by atoms with Crippen molar-refractivity contribution in [2.75, 3.05) is 6.54 Å². The van der Waals surface area contributed by atoms with Gasteiger partial charge in [-0.05, 0) is 29.8 Å². The molecule has 31 heavy (non-hydrogen) atoms. The Labute approximate surface area is 187 Å². The van der Waals surface area contributed by atoms with Gasteiger partial charge < -0.3 is 16.0 Å². The number of benzene rings is 2. The lowest BCUT2D eigenvalue weighted by atomic mass is 10.0. The number of amides is 3. The molecule has 0 saturated heterocycles. The van der Waals surface area contributed by atoms with Crippen LogP contribution in [0.3, 0.4) is 0 Å². The topological polar surface area (TPSA) is 93.2 Å². The van der Waals surface area contributed by atoms with Crippen LogP contribution in [0.15, 0.2) is 42.5 Å². The molecular formula is C21H18Cl2FN5O2. The number of nitrogens with zero attached hydrogens (tertiary/aromatic N) is 3. The van der Waals surface area contributed by atoms with Gasteiger partial charge >= 0.3 is 6.03 Å². The van der Waals surface area contributed by atoms with Gasteiger partial charge in [0.15, 0.2) is 0 Å². The van der Waals surface area contributed by atoms with Crippen molar-refractivity contribution in [3.05, 3.63) is 75.1 Å². The minimum Gasteiger partial charge on any atom is -0.365 e. The van der Waals surface area contributed by atoms with Crippen molar-refractivity contribution in [3.63, 3.8) is 0 Å². The van der Waals surface area contributed by atoms with Gasteiger partial charge in [0.05, 0.1) is 24.3 Å². The number of hydrogen-bond donors (Lipinski definition) is 2. The lowest BCUT2D eigenvalue weighted by molar-refractivity contribution is 0.0997. The zero-order valence-electron chi connectivity index (χ0n) is 16.2. The summed E-state index contributed by atoms with van der Waals surface area (Å²) in [5.74, 6) is -1.13. The van der Waals surface area contributed by atoms with E-state index in [9.17, 15) is 14.0 Å². The van der Waals surface area contributed by atoms with Crippen molar-refractivity contribution in [2.45, 2.75) is 19.6 Å². The molecule has 3 aromatic rings. The third kappa shape index (κ3) is 4.35.